The number of aliphatic hydroxyl groups is 1. The van der Waals surface area contributed by atoms with Gasteiger partial charge in [0.25, 0.3) is 0 Å². The Morgan fingerprint density at radius 3 is 2.69 bits per heavy atom. The molecule has 2 atom stereocenters. The predicted molar refractivity (Wildman–Crippen MR) is 56.0 cm³/mol. The summed E-state index contributed by atoms with van der Waals surface area (Å²) in [5.74, 6) is 0. The summed E-state index contributed by atoms with van der Waals surface area (Å²) in [5, 5.41) is 10.5. The first-order valence-corrected chi connectivity index (χ1v) is 5.25. The first-order chi connectivity index (χ1) is 6.11. The van der Waals surface area contributed by atoms with Gasteiger partial charge in [0.1, 0.15) is 0 Å². The normalized spacial score (nSPS) is 15.4. The molecule has 3 heteroatoms. The minimum atomic E-state index is -0.300. The van der Waals surface area contributed by atoms with Crippen molar-refractivity contribution >= 4 is 11.8 Å². The van der Waals surface area contributed by atoms with Gasteiger partial charge in [-0.3, -0.25) is 0 Å². The Labute approximate surface area is 83.4 Å². The molecule has 0 aliphatic heterocycles. The van der Waals surface area contributed by atoms with Gasteiger partial charge in [-0.2, -0.15) is 0 Å². The number of pyridine rings is 1. The largest absolute Gasteiger partial charge is 0.392 e. The Kier molecular flexibility index (Phi) is 3.75. The minimum Gasteiger partial charge on any atom is -0.392 e. The quantitative estimate of drug-likeness (QED) is 0.754. The maximum absolute atomic E-state index is 9.32. The molecule has 72 valence electrons. The van der Waals surface area contributed by atoms with E-state index in [2.05, 4.69) is 4.98 Å². The first kappa shape index (κ1) is 10.5. The fraction of sp³-hybridized carbons (Fsp3) is 0.500. The number of thioether (sulfide) groups is 1. The first-order valence-electron chi connectivity index (χ1n) is 4.37. The number of rotatable bonds is 3. The standard InChI is InChI=1S/C10H15NOS/c1-7-5-4-6-11-10(7)13-9(3)8(2)12/h4-6,8-9,12H,1-3H3. The van der Waals surface area contributed by atoms with Gasteiger partial charge in [0.15, 0.2) is 0 Å². The van der Waals surface area contributed by atoms with Gasteiger partial charge >= 0.3 is 0 Å². The van der Waals surface area contributed by atoms with Gasteiger partial charge in [-0.15, -0.1) is 11.8 Å². The summed E-state index contributed by atoms with van der Waals surface area (Å²) in [6.45, 7) is 5.84. The maximum Gasteiger partial charge on any atom is 0.0992 e. The van der Waals surface area contributed by atoms with Gasteiger partial charge in [0, 0.05) is 11.4 Å². The van der Waals surface area contributed by atoms with E-state index in [1.165, 1.54) is 5.56 Å². The third-order valence-corrected chi connectivity index (χ3v) is 3.35. The van der Waals surface area contributed by atoms with E-state index in [9.17, 15) is 5.11 Å². The molecule has 0 saturated heterocycles. The molecule has 13 heavy (non-hydrogen) atoms. The summed E-state index contributed by atoms with van der Waals surface area (Å²) >= 11 is 1.62. The van der Waals surface area contributed by atoms with Crippen LogP contribution in [-0.2, 0) is 0 Å². The van der Waals surface area contributed by atoms with E-state index < -0.39 is 0 Å². The summed E-state index contributed by atoms with van der Waals surface area (Å²) < 4.78 is 0. The molecule has 0 saturated carbocycles. The van der Waals surface area contributed by atoms with Crippen molar-refractivity contribution in [2.75, 3.05) is 0 Å². The highest BCUT2D eigenvalue weighted by Gasteiger charge is 2.11. The van der Waals surface area contributed by atoms with Crippen LogP contribution in [0.15, 0.2) is 23.4 Å². The van der Waals surface area contributed by atoms with Gasteiger partial charge < -0.3 is 5.11 Å². The van der Waals surface area contributed by atoms with Crippen LogP contribution in [0.2, 0.25) is 0 Å². The highest BCUT2D eigenvalue weighted by molar-refractivity contribution is 7.99. The summed E-state index contributed by atoms with van der Waals surface area (Å²) in [4.78, 5) is 4.25. The van der Waals surface area contributed by atoms with Crippen molar-refractivity contribution in [3.05, 3.63) is 23.9 Å². The smallest absolute Gasteiger partial charge is 0.0992 e. The summed E-state index contributed by atoms with van der Waals surface area (Å²) in [5.41, 5.74) is 1.17. The number of aromatic nitrogens is 1. The van der Waals surface area contributed by atoms with Crippen LogP contribution in [0.25, 0.3) is 0 Å². The van der Waals surface area contributed by atoms with E-state index in [0.717, 1.165) is 5.03 Å². The molecule has 0 aliphatic carbocycles. The second-order valence-corrected chi connectivity index (χ2v) is 4.55. The third-order valence-electron chi connectivity index (χ3n) is 1.94. The van der Waals surface area contributed by atoms with E-state index in [1.807, 2.05) is 26.0 Å². The molecule has 0 fully saturated rings. The predicted octanol–water partition coefficient (Wildman–Crippen LogP) is 2.25. The van der Waals surface area contributed by atoms with Crippen molar-refractivity contribution in [2.45, 2.75) is 37.2 Å². The molecule has 2 unspecified atom stereocenters. The molecule has 0 aromatic carbocycles. The molecular formula is C10H15NOS. The zero-order valence-electron chi connectivity index (χ0n) is 8.19. The lowest BCUT2D eigenvalue weighted by Crippen LogP contribution is -2.15. The Hall–Kier alpha value is -0.540. The van der Waals surface area contributed by atoms with Gasteiger partial charge in [0.2, 0.25) is 0 Å². The zero-order chi connectivity index (χ0) is 9.84. The summed E-state index contributed by atoms with van der Waals surface area (Å²) in [6, 6.07) is 3.95. The Morgan fingerprint density at radius 1 is 1.46 bits per heavy atom. The van der Waals surface area contributed by atoms with Crippen molar-refractivity contribution < 1.29 is 5.11 Å². The lowest BCUT2D eigenvalue weighted by Gasteiger charge is -2.14. The number of hydrogen-bond donors (Lipinski definition) is 1. The van der Waals surface area contributed by atoms with Crippen molar-refractivity contribution in [3.8, 4) is 0 Å². The molecule has 1 aromatic rings. The average Bonchev–Trinajstić information content (AvgIpc) is 2.08. The Balaban J connectivity index is 2.69. The third kappa shape index (κ3) is 3.01. The van der Waals surface area contributed by atoms with Crippen molar-refractivity contribution in [1.82, 2.24) is 4.98 Å². The molecule has 1 aromatic heterocycles. The second kappa shape index (κ2) is 4.63. The number of hydrogen-bond acceptors (Lipinski definition) is 3. The fourth-order valence-corrected chi connectivity index (χ4v) is 1.79. The maximum atomic E-state index is 9.32. The van der Waals surface area contributed by atoms with Gasteiger partial charge in [-0.1, -0.05) is 13.0 Å². The van der Waals surface area contributed by atoms with Gasteiger partial charge in [-0.05, 0) is 25.5 Å². The SMILES string of the molecule is Cc1cccnc1SC(C)C(C)O. The van der Waals surface area contributed by atoms with Crippen LogP contribution in [0.1, 0.15) is 19.4 Å². The number of nitrogens with zero attached hydrogens (tertiary/aromatic N) is 1. The second-order valence-electron chi connectivity index (χ2n) is 3.19. The molecule has 0 amide bonds. The Bertz CT molecular complexity index is 275. The van der Waals surface area contributed by atoms with E-state index in [1.54, 1.807) is 24.9 Å². The van der Waals surface area contributed by atoms with E-state index >= 15 is 0 Å². The highest BCUT2D eigenvalue weighted by atomic mass is 32.2. The zero-order valence-corrected chi connectivity index (χ0v) is 9.01. The summed E-state index contributed by atoms with van der Waals surface area (Å²) in [6.07, 6.45) is 1.48. The molecule has 2 nitrogen and oxygen atoms in total. The van der Waals surface area contributed by atoms with Crippen LogP contribution in [0.3, 0.4) is 0 Å². The molecule has 1 rings (SSSR count). The lowest BCUT2D eigenvalue weighted by molar-refractivity contribution is 0.196. The average molecular weight is 197 g/mol. The van der Waals surface area contributed by atoms with E-state index in [0.29, 0.717) is 0 Å². The Morgan fingerprint density at radius 2 is 2.15 bits per heavy atom. The van der Waals surface area contributed by atoms with Crippen LogP contribution < -0.4 is 0 Å². The van der Waals surface area contributed by atoms with Crippen LogP contribution in [0.4, 0.5) is 0 Å². The van der Waals surface area contributed by atoms with Crippen molar-refractivity contribution in [2.24, 2.45) is 0 Å². The van der Waals surface area contributed by atoms with E-state index in [4.69, 9.17) is 0 Å². The van der Waals surface area contributed by atoms with Crippen molar-refractivity contribution in [3.63, 3.8) is 0 Å². The minimum absolute atomic E-state index is 0.189. The summed E-state index contributed by atoms with van der Waals surface area (Å²) in [7, 11) is 0. The topological polar surface area (TPSA) is 33.1 Å². The van der Waals surface area contributed by atoms with Crippen LogP contribution in [-0.4, -0.2) is 21.4 Å². The number of aryl methyl sites for hydroxylation is 1. The van der Waals surface area contributed by atoms with Crippen LogP contribution in [0.5, 0.6) is 0 Å². The van der Waals surface area contributed by atoms with Gasteiger partial charge in [-0.25, -0.2) is 4.98 Å². The molecule has 0 spiro atoms. The lowest BCUT2D eigenvalue weighted by atomic mass is 10.3. The fourth-order valence-electron chi connectivity index (χ4n) is 0.869. The molecule has 0 aliphatic rings. The molecule has 1 N–H and O–H groups in total. The van der Waals surface area contributed by atoms with Crippen molar-refractivity contribution in [1.29, 1.82) is 0 Å². The monoisotopic (exact) mass is 197 g/mol. The molecule has 0 bridgehead atoms. The molecular weight excluding hydrogens is 182 g/mol. The number of aliphatic hydroxyl groups excluding tert-OH is 1. The van der Waals surface area contributed by atoms with Crippen LogP contribution >= 0.6 is 11.8 Å². The van der Waals surface area contributed by atoms with Crippen LogP contribution in [0, 0.1) is 6.92 Å². The molecule has 0 radical (unpaired) electrons. The van der Waals surface area contributed by atoms with E-state index in [-0.39, 0.29) is 11.4 Å². The highest BCUT2D eigenvalue weighted by Crippen LogP contribution is 2.25. The molecule has 1 heterocycles. The van der Waals surface area contributed by atoms with Gasteiger partial charge in [0.05, 0.1) is 11.1 Å².